The number of rotatable bonds is 4. The molecule has 0 unspecified atom stereocenters. The van der Waals surface area contributed by atoms with E-state index in [1.54, 1.807) is 18.5 Å². The number of benzene rings is 1. The highest BCUT2D eigenvalue weighted by Crippen LogP contribution is 2.25. The summed E-state index contributed by atoms with van der Waals surface area (Å²) in [6.45, 7) is 0.391. The number of hydrogen-bond acceptors (Lipinski definition) is 3. The smallest absolute Gasteiger partial charge is 0.406 e. The van der Waals surface area contributed by atoms with E-state index >= 15 is 0 Å². The Labute approximate surface area is 101 Å². The predicted molar refractivity (Wildman–Crippen MR) is 59.0 cm³/mol. The van der Waals surface area contributed by atoms with Crippen LogP contribution in [-0.2, 0) is 6.54 Å². The van der Waals surface area contributed by atoms with Crippen LogP contribution in [0.2, 0.25) is 0 Å². The summed E-state index contributed by atoms with van der Waals surface area (Å²) in [6.07, 6.45) is -1.42. The van der Waals surface area contributed by atoms with E-state index in [1.807, 2.05) is 0 Å². The van der Waals surface area contributed by atoms with E-state index in [4.69, 9.17) is 0 Å². The van der Waals surface area contributed by atoms with Crippen molar-refractivity contribution in [3.05, 3.63) is 42.5 Å². The minimum atomic E-state index is -4.68. The first-order valence-corrected chi connectivity index (χ1v) is 5.11. The van der Waals surface area contributed by atoms with Gasteiger partial charge in [0.15, 0.2) is 0 Å². The molecule has 18 heavy (non-hydrogen) atoms. The second-order valence-electron chi connectivity index (χ2n) is 3.47. The molecule has 0 atom stereocenters. The molecule has 0 amide bonds. The first-order valence-electron chi connectivity index (χ1n) is 5.11. The van der Waals surface area contributed by atoms with E-state index in [9.17, 15) is 13.2 Å². The maximum absolute atomic E-state index is 12.0. The molecule has 0 spiro atoms. The molecule has 0 aliphatic rings. The molecule has 2 rings (SSSR count). The molecule has 0 aliphatic heterocycles. The Bertz CT molecular complexity index is 496. The quantitative estimate of drug-likeness (QED) is 0.885. The second kappa shape index (κ2) is 4.99. The molecule has 2 N–H and O–H groups in total. The Morgan fingerprint density at radius 2 is 2.17 bits per heavy atom. The van der Waals surface area contributed by atoms with Crippen molar-refractivity contribution in [3.63, 3.8) is 0 Å². The van der Waals surface area contributed by atoms with Gasteiger partial charge in [0.2, 0.25) is 0 Å². The molecule has 2 aromatic rings. The molecule has 1 heterocycles. The summed E-state index contributed by atoms with van der Waals surface area (Å²) in [5.74, 6) is 0.434. The van der Waals surface area contributed by atoms with Crippen molar-refractivity contribution in [1.82, 2.24) is 9.97 Å². The number of ether oxygens (including phenoxy) is 1. The Balaban J connectivity index is 1.99. The summed E-state index contributed by atoms with van der Waals surface area (Å²) in [7, 11) is 0. The number of nitrogens with zero attached hydrogens (tertiary/aromatic N) is 1. The van der Waals surface area contributed by atoms with Crippen LogP contribution in [0.4, 0.5) is 18.9 Å². The van der Waals surface area contributed by atoms with Crippen molar-refractivity contribution in [2.45, 2.75) is 12.9 Å². The summed E-state index contributed by atoms with van der Waals surface area (Å²) in [4.78, 5) is 6.86. The summed E-state index contributed by atoms with van der Waals surface area (Å²) in [5.41, 5.74) is 0.521. The first kappa shape index (κ1) is 12.3. The number of hydrogen-bond donors (Lipinski definition) is 2. The minimum Gasteiger partial charge on any atom is -0.406 e. The zero-order valence-electron chi connectivity index (χ0n) is 9.16. The summed E-state index contributed by atoms with van der Waals surface area (Å²) in [6, 6.07) is 5.64. The van der Waals surface area contributed by atoms with Gasteiger partial charge in [-0.15, -0.1) is 13.2 Å². The molecule has 0 fully saturated rings. The first-order chi connectivity index (χ1) is 8.53. The van der Waals surface area contributed by atoms with Gasteiger partial charge in [-0.05, 0) is 12.1 Å². The van der Waals surface area contributed by atoms with Gasteiger partial charge < -0.3 is 15.0 Å². The lowest BCUT2D eigenvalue weighted by Crippen LogP contribution is -2.17. The lowest BCUT2D eigenvalue weighted by molar-refractivity contribution is -0.274. The van der Waals surface area contributed by atoms with Crippen molar-refractivity contribution < 1.29 is 17.9 Å². The van der Waals surface area contributed by atoms with Gasteiger partial charge in [0.25, 0.3) is 0 Å². The maximum atomic E-state index is 12.0. The van der Waals surface area contributed by atoms with E-state index in [1.165, 1.54) is 18.2 Å². The number of halogens is 3. The normalized spacial score (nSPS) is 11.3. The number of H-pyrrole nitrogens is 1. The molecule has 1 aromatic heterocycles. The van der Waals surface area contributed by atoms with Crippen LogP contribution in [0.15, 0.2) is 36.7 Å². The third-order valence-electron chi connectivity index (χ3n) is 2.08. The van der Waals surface area contributed by atoms with Crippen LogP contribution < -0.4 is 10.1 Å². The Hall–Kier alpha value is -2.18. The highest BCUT2D eigenvalue weighted by atomic mass is 19.4. The average Bonchev–Trinajstić information content (AvgIpc) is 2.77. The lowest BCUT2D eigenvalue weighted by Gasteiger charge is -2.10. The molecule has 4 nitrogen and oxygen atoms in total. The van der Waals surface area contributed by atoms with Crippen molar-refractivity contribution >= 4 is 5.69 Å². The fourth-order valence-electron chi connectivity index (χ4n) is 1.38. The molecular weight excluding hydrogens is 247 g/mol. The number of alkyl halides is 3. The van der Waals surface area contributed by atoms with Gasteiger partial charge in [-0.3, -0.25) is 0 Å². The minimum absolute atomic E-state index is 0.257. The molecule has 1 aromatic carbocycles. The number of aromatic amines is 1. The summed E-state index contributed by atoms with van der Waals surface area (Å²) in [5, 5.41) is 2.93. The van der Waals surface area contributed by atoms with Crippen LogP contribution in [0.1, 0.15) is 5.82 Å². The van der Waals surface area contributed by atoms with E-state index in [2.05, 4.69) is 20.0 Å². The largest absolute Gasteiger partial charge is 0.573 e. The van der Waals surface area contributed by atoms with Crippen LogP contribution in [0.25, 0.3) is 0 Å². The number of imidazole rings is 1. The van der Waals surface area contributed by atoms with Crippen molar-refractivity contribution in [2.24, 2.45) is 0 Å². The van der Waals surface area contributed by atoms with Crippen molar-refractivity contribution in [1.29, 1.82) is 0 Å². The second-order valence-corrected chi connectivity index (χ2v) is 3.47. The van der Waals surface area contributed by atoms with Crippen molar-refractivity contribution in [2.75, 3.05) is 5.32 Å². The average molecular weight is 257 g/mol. The lowest BCUT2D eigenvalue weighted by atomic mass is 10.3. The van der Waals surface area contributed by atoms with Gasteiger partial charge in [-0.2, -0.15) is 0 Å². The fourth-order valence-corrected chi connectivity index (χ4v) is 1.38. The Morgan fingerprint density at radius 1 is 1.33 bits per heavy atom. The van der Waals surface area contributed by atoms with Crippen LogP contribution in [0, 0.1) is 0 Å². The predicted octanol–water partition coefficient (Wildman–Crippen LogP) is 2.92. The topological polar surface area (TPSA) is 49.9 Å². The number of nitrogens with one attached hydrogen (secondary N) is 2. The third kappa shape index (κ3) is 3.69. The highest BCUT2D eigenvalue weighted by molar-refractivity contribution is 5.48. The van der Waals surface area contributed by atoms with E-state index < -0.39 is 6.36 Å². The molecular formula is C11H10F3N3O. The van der Waals surface area contributed by atoms with Crippen LogP contribution in [-0.4, -0.2) is 16.3 Å². The SMILES string of the molecule is FC(F)(F)Oc1cccc(NCc2ncc[nH]2)c1. The van der Waals surface area contributed by atoms with E-state index in [-0.39, 0.29) is 5.75 Å². The van der Waals surface area contributed by atoms with Crippen LogP contribution >= 0.6 is 0 Å². The van der Waals surface area contributed by atoms with E-state index in [0.29, 0.717) is 18.1 Å². The molecule has 96 valence electrons. The summed E-state index contributed by atoms with van der Waals surface area (Å²) >= 11 is 0. The van der Waals surface area contributed by atoms with Crippen LogP contribution in [0.3, 0.4) is 0 Å². The zero-order valence-corrected chi connectivity index (χ0v) is 9.16. The van der Waals surface area contributed by atoms with Gasteiger partial charge in [0, 0.05) is 24.1 Å². The third-order valence-corrected chi connectivity index (χ3v) is 2.08. The van der Waals surface area contributed by atoms with Crippen LogP contribution in [0.5, 0.6) is 5.75 Å². The summed E-state index contributed by atoms with van der Waals surface area (Å²) < 4.78 is 39.9. The molecule has 0 bridgehead atoms. The van der Waals surface area contributed by atoms with Gasteiger partial charge in [-0.1, -0.05) is 6.07 Å². The molecule has 0 radical (unpaired) electrons. The molecule has 0 saturated heterocycles. The molecule has 0 aliphatic carbocycles. The monoisotopic (exact) mass is 257 g/mol. The number of aromatic nitrogens is 2. The fraction of sp³-hybridized carbons (Fsp3) is 0.182. The van der Waals surface area contributed by atoms with E-state index in [0.717, 1.165) is 0 Å². The number of anilines is 1. The molecule has 7 heteroatoms. The van der Waals surface area contributed by atoms with Gasteiger partial charge in [-0.25, -0.2) is 4.98 Å². The zero-order chi connectivity index (χ0) is 13.0. The highest BCUT2D eigenvalue weighted by Gasteiger charge is 2.31. The van der Waals surface area contributed by atoms with Gasteiger partial charge in [0.05, 0.1) is 6.54 Å². The Morgan fingerprint density at radius 3 is 2.83 bits per heavy atom. The Kier molecular flexibility index (Phi) is 3.40. The van der Waals surface area contributed by atoms with Gasteiger partial charge >= 0.3 is 6.36 Å². The molecule has 0 saturated carbocycles. The van der Waals surface area contributed by atoms with Gasteiger partial charge in [0.1, 0.15) is 11.6 Å². The maximum Gasteiger partial charge on any atom is 0.573 e. The standard InChI is InChI=1S/C11H10F3N3O/c12-11(13,14)18-9-3-1-2-8(6-9)17-7-10-15-4-5-16-10/h1-6,17H,7H2,(H,15,16). The van der Waals surface area contributed by atoms with Crippen molar-refractivity contribution in [3.8, 4) is 5.75 Å².